The van der Waals surface area contributed by atoms with Crippen LogP contribution in [0.4, 0.5) is 0 Å². The first-order chi connectivity index (χ1) is 12.5. The van der Waals surface area contributed by atoms with Crippen LogP contribution in [0.2, 0.25) is 10.0 Å². The Morgan fingerprint density at radius 2 is 1.81 bits per heavy atom. The van der Waals surface area contributed by atoms with Gasteiger partial charge in [0.15, 0.2) is 0 Å². The zero-order chi connectivity index (χ0) is 18.7. The highest BCUT2D eigenvalue weighted by Gasteiger charge is 2.10. The van der Waals surface area contributed by atoms with Gasteiger partial charge in [0.05, 0.1) is 22.2 Å². The van der Waals surface area contributed by atoms with Crippen LogP contribution in [0.1, 0.15) is 21.7 Å². The lowest BCUT2D eigenvalue weighted by Crippen LogP contribution is -1.94. The summed E-state index contributed by atoms with van der Waals surface area (Å²) in [5.41, 5.74) is 1.83. The Morgan fingerprint density at radius 1 is 1.08 bits per heavy atom. The second-order valence-corrected chi connectivity index (χ2v) is 6.22. The highest BCUT2D eigenvalue weighted by Crippen LogP contribution is 2.30. The first kappa shape index (κ1) is 17.8. The van der Waals surface area contributed by atoms with Crippen molar-refractivity contribution in [2.45, 2.75) is 0 Å². The van der Waals surface area contributed by atoms with E-state index in [1.54, 1.807) is 48.5 Å². The summed E-state index contributed by atoms with van der Waals surface area (Å²) in [6.07, 6.45) is 1.59. The van der Waals surface area contributed by atoms with Crippen molar-refractivity contribution in [2.24, 2.45) is 0 Å². The molecule has 128 valence electrons. The molecule has 0 saturated heterocycles. The highest BCUT2D eigenvalue weighted by atomic mass is 35.5. The Labute approximate surface area is 159 Å². The van der Waals surface area contributed by atoms with Gasteiger partial charge < -0.3 is 9.52 Å². The second kappa shape index (κ2) is 7.49. The standard InChI is InChI=1S/C20H11Cl2NO3/c21-15-5-7-17(18(22)10-15)14(11-23)9-16-6-8-19(26-16)12-1-3-13(4-2-12)20(24)25/h1-10H,(H,24,25)/b14-9+. The maximum Gasteiger partial charge on any atom is 0.335 e. The molecule has 0 aliphatic heterocycles. The molecule has 0 saturated carbocycles. The van der Waals surface area contributed by atoms with Crippen molar-refractivity contribution in [1.29, 1.82) is 5.26 Å². The Hall–Kier alpha value is -3.00. The zero-order valence-electron chi connectivity index (χ0n) is 13.2. The van der Waals surface area contributed by atoms with Crippen LogP contribution in [0.3, 0.4) is 0 Å². The lowest BCUT2D eigenvalue weighted by atomic mass is 10.1. The number of nitrogens with zero attached hydrogens (tertiary/aromatic N) is 1. The number of furan rings is 1. The second-order valence-electron chi connectivity index (χ2n) is 5.38. The largest absolute Gasteiger partial charge is 0.478 e. The third-order valence-electron chi connectivity index (χ3n) is 3.67. The quantitative estimate of drug-likeness (QED) is 0.559. The summed E-state index contributed by atoms with van der Waals surface area (Å²) in [6.45, 7) is 0. The summed E-state index contributed by atoms with van der Waals surface area (Å²) in [5.74, 6) is 0.0516. The van der Waals surface area contributed by atoms with Gasteiger partial charge in [0.1, 0.15) is 11.5 Å². The lowest BCUT2D eigenvalue weighted by molar-refractivity contribution is 0.0697. The molecule has 0 fully saturated rings. The summed E-state index contributed by atoms with van der Waals surface area (Å²) in [4.78, 5) is 10.9. The van der Waals surface area contributed by atoms with Gasteiger partial charge in [-0.2, -0.15) is 5.26 Å². The number of carbonyl (C=O) groups is 1. The van der Waals surface area contributed by atoms with Crippen LogP contribution < -0.4 is 0 Å². The fourth-order valence-corrected chi connectivity index (χ4v) is 2.89. The van der Waals surface area contributed by atoms with Gasteiger partial charge in [-0.15, -0.1) is 0 Å². The molecule has 0 bridgehead atoms. The van der Waals surface area contributed by atoms with E-state index < -0.39 is 5.97 Å². The minimum Gasteiger partial charge on any atom is -0.478 e. The zero-order valence-corrected chi connectivity index (χ0v) is 14.8. The predicted octanol–water partition coefficient (Wildman–Crippen LogP) is 6.02. The van der Waals surface area contributed by atoms with Gasteiger partial charge in [0.2, 0.25) is 0 Å². The molecule has 0 aliphatic rings. The molecule has 4 nitrogen and oxygen atoms in total. The van der Waals surface area contributed by atoms with Crippen molar-refractivity contribution >= 4 is 40.8 Å². The van der Waals surface area contributed by atoms with Gasteiger partial charge in [0, 0.05) is 16.1 Å². The van der Waals surface area contributed by atoms with Crippen molar-refractivity contribution < 1.29 is 14.3 Å². The minimum atomic E-state index is -0.988. The Kier molecular flexibility index (Phi) is 5.13. The average Bonchev–Trinajstić information content (AvgIpc) is 3.09. The van der Waals surface area contributed by atoms with Crippen LogP contribution in [-0.2, 0) is 0 Å². The van der Waals surface area contributed by atoms with Crippen molar-refractivity contribution in [1.82, 2.24) is 0 Å². The summed E-state index contributed by atoms with van der Waals surface area (Å²) in [6, 6.07) is 16.8. The molecule has 2 aromatic carbocycles. The van der Waals surface area contributed by atoms with E-state index in [0.29, 0.717) is 32.7 Å². The number of hydrogen-bond acceptors (Lipinski definition) is 3. The molecule has 6 heteroatoms. The molecule has 3 rings (SSSR count). The van der Waals surface area contributed by atoms with Crippen LogP contribution in [-0.4, -0.2) is 11.1 Å². The van der Waals surface area contributed by atoms with Crippen LogP contribution in [0, 0.1) is 11.3 Å². The number of carboxylic acid groups (broad SMARTS) is 1. The molecule has 0 spiro atoms. The number of hydrogen-bond donors (Lipinski definition) is 1. The molecule has 0 radical (unpaired) electrons. The number of rotatable bonds is 4. The summed E-state index contributed by atoms with van der Waals surface area (Å²) in [7, 11) is 0. The van der Waals surface area contributed by atoms with Gasteiger partial charge >= 0.3 is 5.97 Å². The minimum absolute atomic E-state index is 0.199. The van der Waals surface area contributed by atoms with Crippen LogP contribution >= 0.6 is 23.2 Å². The van der Waals surface area contributed by atoms with Gasteiger partial charge in [-0.3, -0.25) is 0 Å². The average molecular weight is 384 g/mol. The van der Waals surface area contributed by atoms with Gasteiger partial charge in [-0.25, -0.2) is 4.79 Å². The molecular formula is C20H11Cl2NO3. The number of carboxylic acids is 1. The SMILES string of the molecule is N#C/C(=C\c1ccc(-c2ccc(C(=O)O)cc2)o1)c1ccc(Cl)cc1Cl. The van der Waals surface area contributed by atoms with Crippen molar-refractivity contribution in [3.05, 3.63) is 81.5 Å². The van der Waals surface area contributed by atoms with Crippen molar-refractivity contribution in [3.8, 4) is 17.4 Å². The molecule has 1 aromatic heterocycles. The number of nitriles is 1. The van der Waals surface area contributed by atoms with Gasteiger partial charge in [-0.05, 0) is 42.5 Å². The molecule has 0 amide bonds. The lowest BCUT2D eigenvalue weighted by Gasteiger charge is -2.02. The van der Waals surface area contributed by atoms with Crippen LogP contribution in [0.25, 0.3) is 23.0 Å². The van der Waals surface area contributed by atoms with E-state index in [2.05, 4.69) is 6.07 Å². The molecule has 0 atom stereocenters. The maximum atomic E-state index is 10.9. The van der Waals surface area contributed by atoms with E-state index in [4.69, 9.17) is 32.7 Å². The molecular weight excluding hydrogens is 373 g/mol. The molecule has 0 unspecified atom stereocenters. The van der Waals surface area contributed by atoms with Gasteiger partial charge in [-0.1, -0.05) is 41.4 Å². The summed E-state index contributed by atoms with van der Waals surface area (Å²) < 4.78 is 5.74. The maximum absolute atomic E-state index is 10.9. The van der Waals surface area contributed by atoms with Crippen molar-refractivity contribution in [2.75, 3.05) is 0 Å². The number of halogens is 2. The van der Waals surface area contributed by atoms with E-state index in [9.17, 15) is 10.1 Å². The van der Waals surface area contributed by atoms with Gasteiger partial charge in [0.25, 0.3) is 0 Å². The van der Waals surface area contributed by atoms with E-state index in [-0.39, 0.29) is 5.56 Å². The number of aromatic carboxylic acids is 1. The van der Waals surface area contributed by atoms with Crippen LogP contribution in [0.5, 0.6) is 0 Å². The normalized spacial score (nSPS) is 11.2. The first-order valence-electron chi connectivity index (χ1n) is 7.48. The Morgan fingerprint density at radius 3 is 2.42 bits per heavy atom. The van der Waals surface area contributed by atoms with Crippen LogP contribution in [0.15, 0.2) is 59.0 Å². The molecule has 1 heterocycles. The summed E-state index contributed by atoms with van der Waals surface area (Å²) >= 11 is 12.0. The van der Waals surface area contributed by atoms with E-state index in [1.165, 1.54) is 12.1 Å². The topological polar surface area (TPSA) is 74.2 Å². The molecule has 3 aromatic rings. The number of allylic oxidation sites excluding steroid dienone is 1. The molecule has 1 N–H and O–H groups in total. The third-order valence-corrected chi connectivity index (χ3v) is 4.22. The third kappa shape index (κ3) is 3.80. The molecule has 0 aliphatic carbocycles. The predicted molar refractivity (Wildman–Crippen MR) is 101 cm³/mol. The fourth-order valence-electron chi connectivity index (χ4n) is 2.38. The Bertz CT molecular complexity index is 1040. The van der Waals surface area contributed by atoms with E-state index >= 15 is 0 Å². The fraction of sp³-hybridized carbons (Fsp3) is 0. The first-order valence-corrected chi connectivity index (χ1v) is 8.24. The smallest absolute Gasteiger partial charge is 0.335 e. The summed E-state index contributed by atoms with van der Waals surface area (Å²) in [5, 5.41) is 19.2. The van der Waals surface area contributed by atoms with E-state index in [0.717, 1.165) is 5.56 Å². The Balaban J connectivity index is 1.92. The van der Waals surface area contributed by atoms with Crippen molar-refractivity contribution in [3.63, 3.8) is 0 Å². The van der Waals surface area contributed by atoms with E-state index in [1.807, 2.05) is 0 Å². The molecule has 26 heavy (non-hydrogen) atoms. The highest BCUT2D eigenvalue weighted by molar-refractivity contribution is 6.36. The monoisotopic (exact) mass is 383 g/mol. The number of benzene rings is 2.